The smallest absolute Gasteiger partial charge is 0.327 e. The molecule has 0 aromatic heterocycles. The van der Waals surface area contributed by atoms with Gasteiger partial charge in [-0.3, -0.25) is 4.79 Å². The van der Waals surface area contributed by atoms with E-state index in [-0.39, 0.29) is 5.88 Å². The van der Waals surface area contributed by atoms with Gasteiger partial charge in [0.15, 0.2) is 0 Å². The minimum atomic E-state index is -1.39. The number of aryl methyl sites for hydroxylation is 1. The molecule has 0 radical (unpaired) electrons. The van der Waals surface area contributed by atoms with Crippen molar-refractivity contribution in [3.8, 4) is 5.75 Å². The molecular weight excluding hydrogens is 440 g/mol. The molecule has 0 bridgehead atoms. The van der Waals surface area contributed by atoms with Crippen LogP contribution in [0.3, 0.4) is 0 Å². The largest absolute Gasteiger partial charge is 0.497 e. The van der Waals surface area contributed by atoms with Gasteiger partial charge in [-0.15, -0.1) is 11.8 Å². The lowest BCUT2D eigenvalue weighted by atomic mass is 9.97. The summed E-state index contributed by atoms with van der Waals surface area (Å²) in [5.41, 5.74) is 3.03. The van der Waals surface area contributed by atoms with E-state index in [1.165, 1.54) is 16.7 Å². The Morgan fingerprint density at radius 2 is 1.94 bits per heavy atom. The normalized spacial score (nSPS) is 19.2. The Morgan fingerprint density at radius 3 is 2.55 bits per heavy atom. The Kier molecular flexibility index (Phi) is 8.05. The summed E-state index contributed by atoms with van der Waals surface area (Å²) >= 11 is 1.40. The number of carbonyl (C=O) groups excluding carboxylic acids is 1. The van der Waals surface area contributed by atoms with E-state index in [4.69, 9.17) is 4.74 Å². The Hall–Kier alpha value is -2.55. The van der Waals surface area contributed by atoms with Crippen LogP contribution >= 0.6 is 11.8 Å². The number of ether oxygens (including phenoxy) is 1. The molecule has 1 heterocycles. The number of hydrogen-bond acceptors (Lipinski definition) is 6. The zero-order valence-corrected chi connectivity index (χ0v) is 20.3. The molecule has 3 N–H and O–H groups in total. The van der Waals surface area contributed by atoms with E-state index >= 15 is 0 Å². The third kappa shape index (κ3) is 5.88. The molecule has 3 atom stereocenters. The number of aliphatic carboxylic acids is 1. The van der Waals surface area contributed by atoms with Crippen molar-refractivity contribution in [1.29, 1.82) is 0 Å². The Morgan fingerprint density at radius 1 is 1.24 bits per heavy atom. The van der Waals surface area contributed by atoms with Crippen LogP contribution in [0.2, 0.25) is 0 Å². The van der Waals surface area contributed by atoms with E-state index < -0.39 is 34.8 Å². The van der Waals surface area contributed by atoms with Crippen LogP contribution in [0.5, 0.6) is 5.75 Å². The van der Waals surface area contributed by atoms with E-state index in [1.54, 1.807) is 7.11 Å². The van der Waals surface area contributed by atoms with E-state index in [1.807, 2.05) is 69.3 Å². The maximum atomic E-state index is 13.3. The van der Waals surface area contributed by atoms with Crippen LogP contribution in [0, 0.1) is 6.92 Å². The fraction of sp³-hybridized carbons (Fsp3) is 0.440. The van der Waals surface area contributed by atoms with E-state index in [9.17, 15) is 19.8 Å². The first kappa shape index (κ1) is 25.1. The second-order valence-electron chi connectivity index (χ2n) is 8.84. The van der Waals surface area contributed by atoms with Gasteiger partial charge in [0.25, 0.3) is 5.91 Å². The van der Waals surface area contributed by atoms with E-state index in [0.717, 1.165) is 22.4 Å². The third-order valence-electron chi connectivity index (χ3n) is 6.10. The van der Waals surface area contributed by atoms with Crippen molar-refractivity contribution in [2.75, 3.05) is 13.0 Å². The number of aliphatic hydroxyl groups excluding tert-OH is 1. The number of carboxylic acid groups (broad SMARTS) is 1. The van der Waals surface area contributed by atoms with Gasteiger partial charge in [0, 0.05) is 17.3 Å². The lowest BCUT2D eigenvalue weighted by Gasteiger charge is -2.32. The van der Waals surface area contributed by atoms with Gasteiger partial charge in [-0.05, 0) is 56.0 Å². The number of carbonyl (C=O) groups is 2. The minimum Gasteiger partial charge on any atom is -0.497 e. The molecule has 1 aliphatic heterocycles. The topological polar surface area (TPSA) is 99.1 Å². The van der Waals surface area contributed by atoms with Crippen LogP contribution in [0.4, 0.5) is 0 Å². The van der Waals surface area contributed by atoms with Crippen molar-refractivity contribution in [1.82, 2.24) is 10.2 Å². The minimum absolute atomic E-state index is 0.232. The molecule has 1 fully saturated rings. The molecule has 1 amide bonds. The predicted molar refractivity (Wildman–Crippen MR) is 129 cm³/mol. The number of thioether (sulfide) groups is 1. The predicted octanol–water partition coefficient (Wildman–Crippen LogP) is 2.83. The average Bonchev–Trinajstić information content (AvgIpc) is 3.12. The molecule has 0 spiro atoms. The zero-order chi connectivity index (χ0) is 24.2. The maximum absolute atomic E-state index is 13.3. The fourth-order valence-corrected chi connectivity index (χ4v) is 5.26. The summed E-state index contributed by atoms with van der Waals surface area (Å²) in [5, 5.41) is 24.2. The average molecular weight is 473 g/mol. The third-order valence-corrected chi connectivity index (χ3v) is 7.47. The summed E-state index contributed by atoms with van der Waals surface area (Å²) in [6.07, 6.45) is -0.967. The number of carboxylic acids is 1. The molecule has 3 rings (SSSR count). The first-order valence-corrected chi connectivity index (χ1v) is 11.9. The van der Waals surface area contributed by atoms with E-state index in [2.05, 4.69) is 5.32 Å². The summed E-state index contributed by atoms with van der Waals surface area (Å²) in [4.78, 5) is 26.5. The summed E-state index contributed by atoms with van der Waals surface area (Å²) in [7, 11) is 1.62. The highest BCUT2D eigenvalue weighted by Gasteiger charge is 2.49. The van der Waals surface area contributed by atoms with Crippen LogP contribution < -0.4 is 10.1 Å². The highest BCUT2D eigenvalue weighted by atomic mass is 32.2. The number of amides is 1. The highest BCUT2D eigenvalue weighted by molar-refractivity contribution is 8.00. The van der Waals surface area contributed by atoms with Crippen molar-refractivity contribution < 1.29 is 24.5 Å². The molecule has 2 aromatic rings. The lowest BCUT2D eigenvalue weighted by molar-refractivity contribution is -0.154. The molecule has 0 aliphatic carbocycles. The van der Waals surface area contributed by atoms with Gasteiger partial charge in [-0.1, -0.05) is 36.4 Å². The Bertz CT molecular complexity index is 982. The van der Waals surface area contributed by atoms with Gasteiger partial charge in [-0.25, -0.2) is 4.79 Å². The molecule has 1 saturated heterocycles. The van der Waals surface area contributed by atoms with Gasteiger partial charge in [0.1, 0.15) is 17.9 Å². The standard InChI is InChI=1S/C25H32N2O5S/c1-16-12-19(32-4)11-10-18(16)14-26-20(13-17-8-6-5-7-9-17)21(28)23(29)27-15-33-25(2,3)22(27)24(30)31/h5-12,20-22,26,28H,13-15H2,1-4H3,(H,30,31). The molecule has 178 valence electrons. The SMILES string of the molecule is COc1ccc(CNC(Cc2ccccc2)C(O)C(=O)N2CSC(C)(C)C2C(=O)O)c(C)c1. The number of aliphatic hydroxyl groups is 1. The van der Waals surface area contributed by atoms with Crippen LogP contribution in [0.25, 0.3) is 0 Å². The number of hydrogen-bond donors (Lipinski definition) is 3. The van der Waals surface area contributed by atoms with Crippen LogP contribution in [0.1, 0.15) is 30.5 Å². The van der Waals surface area contributed by atoms with Crippen molar-refractivity contribution in [2.45, 2.75) is 56.7 Å². The number of nitrogens with zero attached hydrogens (tertiary/aromatic N) is 1. The summed E-state index contributed by atoms with van der Waals surface area (Å²) in [6, 6.07) is 13.8. The summed E-state index contributed by atoms with van der Waals surface area (Å²) < 4.78 is 4.63. The second kappa shape index (κ2) is 10.6. The van der Waals surface area contributed by atoms with Gasteiger partial charge in [0.2, 0.25) is 0 Å². The van der Waals surface area contributed by atoms with Crippen LogP contribution in [-0.4, -0.2) is 62.9 Å². The molecule has 1 aliphatic rings. The number of rotatable bonds is 9. The molecule has 2 aromatic carbocycles. The Labute approximate surface area is 199 Å². The van der Waals surface area contributed by atoms with Gasteiger partial charge in [0.05, 0.1) is 13.0 Å². The van der Waals surface area contributed by atoms with Crippen molar-refractivity contribution in [3.05, 3.63) is 65.2 Å². The van der Waals surface area contributed by atoms with Crippen LogP contribution in [0.15, 0.2) is 48.5 Å². The first-order valence-electron chi connectivity index (χ1n) is 10.9. The molecule has 33 heavy (non-hydrogen) atoms. The fourth-order valence-electron chi connectivity index (χ4n) is 4.13. The second-order valence-corrected chi connectivity index (χ2v) is 10.4. The molecule has 0 saturated carbocycles. The van der Waals surface area contributed by atoms with Crippen molar-refractivity contribution in [3.63, 3.8) is 0 Å². The summed E-state index contributed by atoms with van der Waals surface area (Å²) in [5.74, 6) is -0.635. The molecular formula is C25H32N2O5S. The van der Waals surface area contributed by atoms with E-state index in [0.29, 0.717) is 13.0 Å². The van der Waals surface area contributed by atoms with Gasteiger partial charge < -0.3 is 25.2 Å². The van der Waals surface area contributed by atoms with Crippen molar-refractivity contribution in [2.24, 2.45) is 0 Å². The zero-order valence-electron chi connectivity index (χ0n) is 19.4. The maximum Gasteiger partial charge on any atom is 0.327 e. The monoisotopic (exact) mass is 472 g/mol. The van der Waals surface area contributed by atoms with Gasteiger partial charge >= 0.3 is 5.97 Å². The van der Waals surface area contributed by atoms with Crippen LogP contribution in [-0.2, 0) is 22.6 Å². The number of methoxy groups -OCH3 is 1. The molecule has 7 nitrogen and oxygen atoms in total. The molecule has 8 heteroatoms. The summed E-state index contributed by atoms with van der Waals surface area (Å²) in [6.45, 7) is 6.04. The van der Waals surface area contributed by atoms with Gasteiger partial charge in [-0.2, -0.15) is 0 Å². The number of nitrogens with one attached hydrogen (secondary N) is 1. The number of benzene rings is 2. The Balaban J connectivity index is 1.81. The highest BCUT2D eigenvalue weighted by Crippen LogP contribution is 2.39. The lowest BCUT2D eigenvalue weighted by Crippen LogP contribution is -2.56. The van der Waals surface area contributed by atoms with Crippen molar-refractivity contribution >= 4 is 23.6 Å². The quantitative estimate of drug-likeness (QED) is 0.516. The molecule has 3 unspecified atom stereocenters. The first-order chi connectivity index (χ1) is 15.6.